The monoisotopic (exact) mass is 601 g/mol. The van der Waals surface area contributed by atoms with Gasteiger partial charge in [0, 0.05) is 5.56 Å². The Bertz CT molecular complexity index is 1930. The average Bonchev–Trinajstić information content (AvgIpc) is 3.34. The number of methoxy groups -OCH3 is 3. The van der Waals surface area contributed by atoms with Crippen LogP contribution in [0.4, 0.5) is 5.69 Å². The number of hydrogen-bond acceptors (Lipinski definition) is 10. The fourth-order valence-corrected chi connectivity index (χ4v) is 5.86. The molecule has 1 aromatic heterocycles. The number of nitro groups is 1. The van der Waals surface area contributed by atoms with Crippen molar-refractivity contribution in [3.63, 3.8) is 0 Å². The molecule has 1 aliphatic heterocycles. The van der Waals surface area contributed by atoms with Crippen molar-refractivity contribution in [3.05, 3.63) is 119 Å². The van der Waals surface area contributed by atoms with Crippen LogP contribution in [-0.2, 0) is 9.53 Å². The van der Waals surface area contributed by atoms with Crippen LogP contribution in [0.5, 0.6) is 17.2 Å². The zero-order valence-electron chi connectivity index (χ0n) is 23.7. The topological polar surface area (TPSA) is 131 Å². The molecule has 4 aromatic rings. The molecule has 1 atom stereocenters. The number of ether oxygens (including phenoxy) is 4. The first-order valence-electron chi connectivity index (χ1n) is 13.1. The van der Waals surface area contributed by atoms with Gasteiger partial charge in [-0.1, -0.05) is 53.8 Å². The summed E-state index contributed by atoms with van der Waals surface area (Å²) in [4.78, 5) is 44.2. The van der Waals surface area contributed by atoms with E-state index in [4.69, 9.17) is 23.9 Å². The normalized spacial score (nSPS) is 14.5. The number of nitro benzene ring substituents is 1. The Morgan fingerprint density at radius 2 is 1.74 bits per heavy atom. The Morgan fingerprint density at radius 1 is 1.02 bits per heavy atom. The highest BCUT2D eigenvalue weighted by Crippen LogP contribution is 2.37. The maximum atomic E-state index is 14.1. The van der Waals surface area contributed by atoms with Gasteiger partial charge in [-0.25, -0.2) is 9.79 Å². The van der Waals surface area contributed by atoms with Crippen LogP contribution in [0.3, 0.4) is 0 Å². The van der Waals surface area contributed by atoms with Crippen LogP contribution in [0.15, 0.2) is 82.1 Å². The lowest BCUT2D eigenvalue weighted by molar-refractivity contribution is -0.385. The maximum Gasteiger partial charge on any atom is 0.338 e. The molecule has 2 heterocycles. The molecule has 0 fully saturated rings. The van der Waals surface area contributed by atoms with E-state index in [2.05, 4.69) is 0 Å². The standard InChI is InChI=1S/C31H27N3O8S/c1-5-42-30(36)26-27(18-10-7-6-8-11-18)32-31-33(28(26)19-12-9-13-21(14-19)39-2)29(35)25(43-31)16-20-15-23(40-3)24(41-4)17-22(20)34(37)38/h6-17,28H,5H2,1-4H3/b25-16+. The predicted octanol–water partition coefficient (Wildman–Crippen LogP) is 3.87. The molecule has 1 unspecified atom stereocenters. The molecule has 1 aliphatic rings. The summed E-state index contributed by atoms with van der Waals surface area (Å²) in [5, 5.41) is 12.0. The zero-order valence-corrected chi connectivity index (χ0v) is 24.5. The number of thiazole rings is 1. The number of hydrogen-bond donors (Lipinski definition) is 0. The molecular weight excluding hydrogens is 574 g/mol. The van der Waals surface area contributed by atoms with E-state index >= 15 is 0 Å². The summed E-state index contributed by atoms with van der Waals surface area (Å²) in [5.41, 5.74) is 1.16. The molecule has 43 heavy (non-hydrogen) atoms. The number of carbonyl (C=O) groups excluding carboxylic acids is 1. The Balaban J connectivity index is 1.85. The zero-order chi connectivity index (χ0) is 30.7. The van der Waals surface area contributed by atoms with Crippen LogP contribution in [0, 0.1) is 10.1 Å². The second-order valence-electron chi connectivity index (χ2n) is 9.23. The number of fused-ring (bicyclic) bond motifs is 1. The van der Waals surface area contributed by atoms with Crippen molar-refractivity contribution in [1.29, 1.82) is 0 Å². The van der Waals surface area contributed by atoms with Crippen molar-refractivity contribution in [1.82, 2.24) is 4.57 Å². The molecule has 0 bridgehead atoms. The molecule has 0 saturated heterocycles. The fraction of sp³-hybridized carbons (Fsp3) is 0.194. The molecule has 0 aliphatic carbocycles. The highest BCUT2D eigenvalue weighted by atomic mass is 32.1. The van der Waals surface area contributed by atoms with Crippen molar-refractivity contribution in [2.75, 3.05) is 27.9 Å². The Morgan fingerprint density at radius 3 is 2.40 bits per heavy atom. The number of benzene rings is 3. The second kappa shape index (κ2) is 12.3. The van der Waals surface area contributed by atoms with Gasteiger partial charge in [0.05, 0.1) is 66.3 Å². The summed E-state index contributed by atoms with van der Waals surface area (Å²) in [7, 11) is 4.32. The van der Waals surface area contributed by atoms with Crippen LogP contribution in [0.2, 0.25) is 0 Å². The smallest absolute Gasteiger partial charge is 0.338 e. The number of esters is 1. The van der Waals surface area contributed by atoms with Crippen LogP contribution in [-0.4, -0.2) is 43.4 Å². The minimum absolute atomic E-state index is 0.114. The van der Waals surface area contributed by atoms with Crippen molar-refractivity contribution < 1.29 is 28.7 Å². The maximum absolute atomic E-state index is 14.1. The SMILES string of the molecule is CCOC(=O)C1=C(c2ccccc2)N=c2s/c(=C/c3cc(OC)c(OC)cc3[N+](=O)[O-])c(=O)n2C1c1cccc(OC)c1. The largest absolute Gasteiger partial charge is 0.497 e. The molecule has 220 valence electrons. The van der Waals surface area contributed by atoms with Crippen LogP contribution in [0.25, 0.3) is 11.8 Å². The van der Waals surface area contributed by atoms with Gasteiger partial charge in [-0.2, -0.15) is 0 Å². The van der Waals surface area contributed by atoms with Gasteiger partial charge in [0.1, 0.15) is 5.75 Å². The average molecular weight is 602 g/mol. The van der Waals surface area contributed by atoms with Crippen LogP contribution >= 0.6 is 11.3 Å². The molecule has 11 nitrogen and oxygen atoms in total. The van der Waals surface area contributed by atoms with E-state index in [9.17, 15) is 19.7 Å². The van der Waals surface area contributed by atoms with Gasteiger partial charge >= 0.3 is 5.97 Å². The highest BCUT2D eigenvalue weighted by Gasteiger charge is 2.35. The Labute approximate surface area is 249 Å². The summed E-state index contributed by atoms with van der Waals surface area (Å²) < 4.78 is 23.1. The lowest BCUT2D eigenvalue weighted by atomic mass is 9.93. The number of rotatable bonds is 9. The van der Waals surface area contributed by atoms with Gasteiger partial charge in [-0.3, -0.25) is 19.5 Å². The van der Waals surface area contributed by atoms with Gasteiger partial charge in [-0.05, 0) is 36.8 Å². The Kier molecular flexibility index (Phi) is 8.39. The van der Waals surface area contributed by atoms with Gasteiger partial charge < -0.3 is 18.9 Å². The molecule has 0 spiro atoms. The third kappa shape index (κ3) is 5.52. The lowest BCUT2D eigenvalue weighted by Crippen LogP contribution is -2.40. The predicted molar refractivity (Wildman–Crippen MR) is 160 cm³/mol. The third-order valence-corrected chi connectivity index (χ3v) is 7.78. The molecule has 0 radical (unpaired) electrons. The molecule has 0 saturated carbocycles. The van der Waals surface area contributed by atoms with E-state index in [0.717, 1.165) is 11.3 Å². The summed E-state index contributed by atoms with van der Waals surface area (Å²) in [6.07, 6.45) is 1.42. The number of carbonyl (C=O) groups is 1. The van der Waals surface area contributed by atoms with E-state index in [1.807, 2.05) is 30.3 Å². The minimum atomic E-state index is -0.928. The van der Waals surface area contributed by atoms with Gasteiger partial charge in [0.15, 0.2) is 16.3 Å². The first kappa shape index (κ1) is 29.3. The summed E-state index contributed by atoms with van der Waals surface area (Å²) >= 11 is 1.05. The van der Waals surface area contributed by atoms with E-state index in [1.165, 1.54) is 44.1 Å². The number of nitrogens with zero attached hydrogens (tertiary/aromatic N) is 3. The summed E-state index contributed by atoms with van der Waals surface area (Å²) in [6.45, 7) is 1.81. The summed E-state index contributed by atoms with van der Waals surface area (Å²) in [6, 6.07) is 18.0. The Hall–Kier alpha value is -5.23. The third-order valence-electron chi connectivity index (χ3n) is 6.80. The van der Waals surface area contributed by atoms with Gasteiger partial charge in [0.25, 0.3) is 11.2 Å². The van der Waals surface area contributed by atoms with E-state index in [1.54, 1.807) is 31.2 Å². The minimum Gasteiger partial charge on any atom is -0.497 e. The van der Waals surface area contributed by atoms with Crippen LogP contribution < -0.4 is 29.1 Å². The van der Waals surface area contributed by atoms with Crippen LogP contribution in [0.1, 0.15) is 29.7 Å². The van der Waals surface area contributed by atoms with Gasteiger partial charge in [-0.15, -0.1) is 0 Å². The highest BCUT2D eigenvalue weighted by molar-refractivity contribution is 7.07. The molecule has 5 rings (SSSR count). The first-order chi connectivity index (χ1) is 20.8. The van der Waals surface area contributed by atoms with E-state index in [0.29, 0.717) is 27.4 Å². The summed E-state index contributed by atoms with van der Waals surface area (Å²) in [5.74, 6) is 0.347. The molecule has 0 amide bonds. The van der Waals surface area contributed by atoms with E-state index < -0.39 is 22.5 Å². The molecule has 12 heteroatoms. The van der Waals surface area contributed by atoms with Crippen molar-refractivity contribution in [3.8, 4) is 17.2 Å². The number of aromatic nitrogens is 1. The van der Waals surface area contributed by atoms with Gasteiger partial charge in [0.2, 0.25) is 0 Å². The van der Waals surface area contributed by atoms with Crippen molar-refractivity contribution in [2.24, 2.45) is 4.99 Å². The molecule has 3 aromatic carbocycles. The molecule has 0 N–H and O–H groups in total. The quantitative estimate of drug-likeness (QED) is 0.161. The molecular formula is C31H27N3O8S. The fourth-order valence-electron chi connectivity index (χ4n) is 4.87. The first-order valence-corrected chi connectivity index (χ1v) is 14.0. The second-order valence-corrected chi connectivity index (χ2v) is 10.2. The van der Waals surface area contributed by atoms with Crippen molar-refractivity contribution in [2.45, 2.75) is 13.0 Å². The lowest BCUT2D eigenvalue weighted by Gasteiger charge is -2.26. The van der Waals surface area contributed by atoms with Crippen molar-refractivity contribution >= 4 is 34.8 Å². The van der Waals surface area contributed by atoms with E-state index in [-0.39, 0.29) is 39.5 Å².